The topological polar surface area (TPSA) is 85.9 Å². The van der Waals surface area contributed by atoms with Crippen molar-refractivity contribution >= 4 is 51.4 Å². The predicted octanol–water partition coefficient (Wildman–Crippen LogP) is 4.35. The van der Waals surface area contributed by atoms with Crippen molar-refractivity contribution in [1.82, 2.24) is 5.43 Å². The van der Waals surface area contributed by atoms with Gasteiger partial charge in [0.05, 0.1) is 17.8 Å². The normalized spacial score (nSPS) is 10.7. The van der Waals surface area contributed by atoms with E-state index in [9.17, 15) is 4.79 Å². The third kappa shape index (κ3) is 5.52. The third-order valence-electron chi connectivity index (χ3n) is 3.03. The zero-order valence-electron chi connectivity index (χ0n) is 13.1. The first-order chi connectivity index (χ1) is 11.9. The van der Waals surface area contributed by atoms with Crippen molar-refractivity contribution in [1.29, 1.82) is 0 Å². The van der Waals surface area contributed by atoms with Gasteiger partial charge in [-0.15, -0.1) is 0 Å². The maximum Gasteiger partial charge on any atom is 0.332 e. The van der Waals surface area contributed by atoms with Crippen LogP contribution in [0.25, 0.3) is 0 Å². The Morgan fingerprint density at radius 3 is 2.76 bits per heavy atom. The van der Waals surface area contributed by atoms with Crippen molar-refractivity contribution < 1.29 is 14.3 Å². The molecule has 132 valence electrons. The quantitative estimate of drug-likeness (QED) is 0.510. The summed E-state index contributed by atoms with van der Waals surface area (Å²) in [4.78, 5) is 10.6. The van der Waals surface area contributed by atoms with E-state index in [2.05, 4.69) is 26.5 Å². The molecule has 6 nitrogen and oxygen atoms in total. The highest BCUT2D eigenvalue weighted by atomic mass is 79.9. The van der Waals surface area contributed by atoms with Crippen LogP contribution in [0.15, 0.2) is 39.9 Å². The highest BCUT2D eigenvalue weighted by Gasteiger charge is 2.12. The molecule has 0 heterocycles. The number of hydrogen-bond acceptors (Lipinski definition) is 4. The molecule has 2 aromatic carbocycles. The Bertz CT molecular complexity index is 815. The minimum absolute atomic E-state index is 0.238. The van der Waals surface area contributed by atoms with Gasteiger partial charge in [0, 0.05) is 15.6 Å². The number of halogens is 3. The van der Waals surface area contributed by atoms with Crippen molar-refractivity contribution in [2.24, 2.45) is 10.8 Å². The molecule has 0 unspecified atom stereocenters. The van der Waals surface area contributed by atoms with Crippen LogP contribution < -0.4 is 20.6 Å². The summed E-state index contributed by atoms with van der Waals surface area (Å²) in [5.41, 5.74) is 8.53. The fourth-order valence-electron chi connectivity index (χ4n) is 1.91. The lowest BCUT2D eigenvalue weighted by Crippen LogP contribution is -2.24. The van der Waals surface area contributed by atoms with Gasteiger partial charge in [0.25, 0.3) is 0 Å². The van der Waals surface area contributed by atoms with Gasteiger partial charge in [-0.05, 0) is 45.8 Å². The molecule has 9 heteroatoms. The smallest absolute Gasteiger partial charge is 0.332 e. The van der Waals surface area contributed by atoms with Crippen molar-refractivity contribution in [3.8, 4) is 11.5 Å². The van der Waals surface area contributed by atoms with Crippen molar-refractivity contribution in [3.05, 3.63) is 56.0 Å². The zero-order valence-corrected chi connectivity index (χ0v) is 16.2. The number of urea groups is 1. The van der Waals surface area contributed by atoms with Gasteiger partial charge >= 0.3 is 6.03 Å². The molecule has 0 spiro atoms. The molecule has 25 heavy (non-hydrogen) atoms. The van der Waals surface area contributed by atoms with E-state index in [1.54, 1.807) is 30.3 Å². The maximum absolute atomic E-state index is 10.6. The summed E-state index contributed by atoms with van der Waals surface area (Å²) in [6.07, 6.45) is 1.43. The van der Waals surface area contributed by atoms with Gasteiger partial charge in [0.15, 0.2) is 11.5 Å². The van der Waals surface area contributed by atoms with Crippen LogP contribution in [-0.2, 0) is 6.61 Å². The van der Waals surface area contributed by atoms with E-state index >= 15 is 0 Å². The number of nitrogens with one attached hydrogen (secondary N) is 1. The first-order valence-corrected chi connectivity index (χ1v) is 8.48. The van der Waals surface area contributed by atoms with Crippen LogP contribution in [0, 0.1) is 0 Å². The lowest BCUT2D eigenvalue weighted by atomic mass is 10.2. The number of benzene rings is 2. The van der Waals surface area contributed by atoms with E-state index in [1.165, 1.54) is 13.3 Å². The molecule has 0 fully saturated rings. The molecule has 0 radical (unpaired) electrons. The van der Waals surface area contributed by atoms with E-state index in [0.29, 0.717) is 31.6 Å². The Morgan fingerprint density at radius 2 is 2.12 bits per heavy atom. The van der Waals surface area contributed by atoms with E-state index in [4.69, 9.17) is 38.4 Å². The average molecular weight is 447 g/mol. The summed E-state index contributed by atoms with van der Waals surface area (Å²) in [7, 11) is 1.52. The number of carbonyl (C=O) groups is 1. The molecule has 0 aliphatic rings. The second kappa shape index (κ2) is 8.94. The lowest BCUT2D eigenvalue weighted by molar-refractivity contribution is 0.249. The molecule has 0 aliphatic heterocycles. The van der Waals surface area contributed by atoms with E-state index < -0.39 is 6.03 Å². The number of primary amides is 1. The van der Waals surface area contributed by atoms with Crippen LogP contribution in [0.5, 0.6) is 11.5 Å². The fraction of sp³-hybridized carbons (Fsp3) is 0.125. The fourth-order valence-corrected chi connectivity index (χ4v) is 2.95. The summed E-state index contributed by atoms with van der Waals surface area (Å²) in [5.74, 6) is 0.994. The number of nitrogens with zero attached hydrogens (tertiary/aromatic N) is 1. The number of rotatable bonds is 6. The largest absolute Gasteiger partial charge is 0.493 e. The van der Waals surface area contributed by atoms with Crippen LogP contribution in [0.2, 0.25) is 10.0 Å². The molecule has 0 aliphatic carbocycles. The van der Waals surface area contributed by atoms with Crippen molar-refractivity contribution in [3.63, 3.8) is 0 Å². The number of ether oxygens (including phenoxy) is 2. The maximum atomic E-state index is 10.6. The van der Waals surface area contributed by atoms with Gasteiger partial charge in [-0.3, -0.25) is 0 Å². The zero-order chi connectivity index (χ0) is 18.4. The third-order valence-corrected chi connectivity index (χ3v) is 4.20. The molecule has 0 bridgehead atoms. The van der Waals surface area contributed by atoms with E-state index in [1.807, 2.05) is 0 Å². The van der Waals surface area contributed by atoms with E-state index in [0.717, 1.165) is 5.56 Å². The molecule has 2 aromatic rings. The molecule has 0 atom stereocenters. The molecular weight excluding hydrogens is 433 g/mol. The summed E-state index contributed by atoms with van der Waals surface area (Å²) in [6, 6.07) is 7.90. The summed E-state index contributed by atoms with van der Waals surface area (Å²) in [5, 5.41) is 4.78. The standard InChI is InChI=1S/C16H14BrCl2N3O3/c1-24-14-5-9(7-21-22-16(20)23)4-12(17)15(14)25-8-10-2-3-11(18)6-13(10)19/h2-7H,8H2,1H3,(H3,20,22,23)/b21-7-. The highest BCUT2D eigenvalue weighted by Crippen LogP contribution is 2.37. The highest BCUT2D eigenvalue weighted by molar-refractivity contribution is 9.10. The molecule has 0 aromatic heterocycles. The number of carbonyl (C=O) groups excluding carboxylic acids is 1. The molecule has 3 N–H and O–H groups in total. The van der Waals surface area contributed by atoms with Gasteiger partial charge in [-0.25, -0.2) is 10.2 Å². The monoisotopic (exact) mass is 445 g/mol. The Hall–Kier alpha value is -1.96. The Morgan fingerprint density at radius 1 is 1.36 bits per heavy atom. The second-order valence-corrected chi connectivity index (χ2v) is 6.49. The van der Waals surface area contributed by atoms with Crippen LogP contribution >= 0.6 is 39.1 Å². The molecule has 2 rings (SSSR count). The van der Waals surface area contributed by atoms with Crippen LogP contribution in [-0.4, -0.2) is 19.4 Å². The minimum atomic E-state index is -0.748. The Kier molecular flexibility index (Phi) is 6.92. The number of methoxy groups -OCH3 is 1. The van der Waals surface area contributed by atoms with Gasteiger partial charge in [-0.2, -0.15) is 5.10 Å². The number of hydrazone groups is 1. The first kappa shape index (κ1) is 19.4. The second-order valence-electron chi connectivity index (χ2n) is 4.79. The Labute approximate surface area is 163 Å². The lowest BCUT2D eigenvalue weighted by Gasteiger charge is -2.14. The number of nitrogens with two attached hydrogens (primary N) is 1. The SMILES string of the molecule is COc1cc(/C=N\NC(N)=O)cc(Br)c1OCc1ccc(Cl)cc1Cl. The van der Waals surface area contributed by atoms with Gasteiger partial charge in [-0.1, -0.05) is 29.3 Å². The summed E-state index contributed by atoms with van der Waals surface area (Å²) < 4.78 is 11.8. The van der Waals surface area contributed by atoms with Gasteiger partial charge in [0.1, 0.15) is 6.61 Å². The molecule has 0 saturated carbocycles. The molecule has 2 amide bonds. The molecular formula is C16H14BrCl2N3O3. The van der Waals surface area contributed by atoms with Gasteiger partial charge < -0.3 is 15.2 Å². The molecule has 0 saturated heterocycles. The number of amides is 2. The van der Waals surface area contributed by atoms with Crippen LogP contribution in [0.1, 0.15) is 11.1 Å². The summed E-state index contributed by atoms with van der Waals surface area (Å²) in [6.45, 7) is 0.238. The first-order valence-electron chi connectivity index (χ1n) is 6.93. The average Bonchev–Trinajstić information content (AvgIpc) is 2.54. The Balaban J connectivity index is 2.19. The predicted molar refractivity (Wildman–Crippen MR) is 102 cm³/mol. The summed E-state index contributed by atoms with van der Waals surface area (Å²) >= 11 is 15.5. The van der Waals surface area contributed by atoms with Crippen LogP contribution in [0.4, 0.5) is 4.79 Å². The van der Waals surface area contributed by atoms with Crippen molar-refractivity contribution in [2.75, 3.05) is 7.11 Å². The number of hydrogen-bond donors (Lipinski definition) is 2. The van der Waals surface area contributed by atoms with E-state index in [-0.39, 0.29) is 6.61 Å². The minimum Gasteiger partial charge on any atom is -0.493 e. The van der Waals surface area contributed by atoms with Crippen LogP contribution in [0.3, 0.4) is 0 Å². The van der Waals surface area contributed by atoms with Gasteiger partial charge in [0.2, 0.25) is 0 Å². The van der Waals surface area contributed by atoms with Crippen molar-refractivity contribution in [2.45, 2.75) is 6.61 Å².